The van der Waals surface area contributed by atoms with E-state index < -0.39 is 36.4 Å². The van der Waals surface area contributed by atoms with Gasteiger partial charge in [-0.05, 0) is 42.9 Å². The fourth-order valence-corrected chi connectivity index (χ4v) is 4.09. The van der Waals surface area contributed by atoms with Crippen LogP contribution in [0.4, 0.5) is 39.5 Å². The molecular weight excluding hydrogens is 699 g/mol. The van der Waals surface area contributed by atoms with Crippen LogP contribution in [0.2, 0.25) is 0 Å². The number of rotatable bonds is 4. The predicted octanol–water partition coefficient (Wildman–Crippen LogP) is 5.18. The minimum atomic E-state index is -5.08. The molecule has 3 N–H and O–H groups in total. The van der Waals surface area contributed by atoms with Crippen molar-refractivity contribution in [3.05, 3.63) is 84.7 Å². The molecular formula is C29H27F9N6O6. The molecule has 0 amide bonds. The van der Waals surface area contributed by atoms with E-state index in [0.717, 1.165) is 48.8 Å². The second-order valence-electron chi connectivity index (χ2n) is 10.0. The summed E-state index contributed by atoms with van der Waals surface area (Å²) in [6.45, 7) is 3.96. The molecule has 1 atom stereocenters. The Morgan fingerprint density at radius 2 is 1.30 bits per heavy atom. The molecule has 272 valence electrons. The van der Waals surface area contributed by atoms with E-state index in [2.05, 4.69) is 61.7 Å². The largest absolute Gasteiger partial charge is 0.490 e. The highest BCUT2D eigenvalue weighted by Crippen LogP contribution is 2.27. The van der Waals surface area contributed by atoms with E-state index in [4.69, 9.17) is 34.7 Å². The van der Waals surface area contributed by atoms with Crippen molar-refractivity contribution in [3.8, 4) is 11.3 Å². The molecule has 12 nitrogen and oxygen atoms in total. The van der Waals surface area contributed by atoms with Crippen molar-refractivity contribution in [1.29, 1.82) is 0 Å². The van der Waals surface area contributed by atoms with Crippen LogP contribution in [-0.4, -0.2) is 108 Å². The van der Waals surface area contributed by atoms with Crippen molar-refractivity contribution in [3.63, 3.8) is 0 Å². The van der Waals surface area contributed by atoms with E-state index in [1.54, 1.807) is 0 Å². The fourth-order valence-electron chi connectivity index (χ4n) is 4.09. The van der Waals surface area contributed by atoms with Gasteiger partial charge in [-0.15, -0.1) is 0 Å². The van der Waals surface area contributed by atoms with Gasteiger partial charge in [0.15, 0.2) is 0 Å². The summed E-state index contributed by atoms with van der Waals surface area (Å²) in [7, 11) is 2.19. The van der Waals surface area contributed by atoms with Gasteiger partial charge in [0.05, 0.1) is 17.4 Å². The molecule has 1 aliphatic heterocycles. The smallest absolute Gasteiger partial charge is 0.475 e. The molecule has 21 heteroatoms. The van der Waals surface area contributed by atoms with Crippen molar-refractivity contribution in [1.82, 2.24) is 29.2 Å². The third-order valence-electron chi connectivity index (χ3n) is 6.42. The molecule has 1 unspecified atom stereocenters. The number of alkyl halides is 9. The summed E-state index contributed by atoms with van der Waals surface area (Å²) in [5.41, 5.74) is 5.63. The molecule has 4 aromatic heterocycles. The van der Waals surface area contributed by atoms with Gasteiger partial charge in [0.1, 0.15) is 5.65 Å². The Balaban J connectivity index is 0.000000338. The number of hydrogen-bond donors (Lipinski definition) is 3. The number of aromatic nitrogens is 4. The zero-order valence-corrected chi connectivity index (χ0v) is 25.5. The quantitative estimate of drug-likeness (QED) is 0.238. The van der Waals surface area contributed by atoms with Gasteiger partial charge < -0.3 is 15.3 Å². The van der Waals surface area contributed by atoms with E-state index in [1.807, 2.05) is 43.0 Å². The van der Waals surface area contributed by atoms with Crippen LogP contribution in [-0.2, 0) is 20.9 Å². The lowest BCUT2D eigenvalue weighted by Crippen LogP contribution is -2.46. The number of imidazole rings is 1. The number of halogens is 9. The number of carboxylic acid groups (broad SMARTS) is 3. The van der Waals surface area contributed by atoms with E-state index in [0.29, 0.717) is 0 Å². The highest BCUT2D eigenvalue weighted by Gasteiger charge is 2.39. The minimum Gasteiger partial charge on any atom is -0.475 e. The lowest BCUT2D eigenvalue weighted by Gasteiger charge is -2.38. The van der Waals surface area contributed by atoms with Gasteiger partial charge in [0.2, 0.25) is 0 Å². The monoisotopic (exact) mass is 726 g/mol. The summed E-state index contributed by atoms with van der Waals surface area (Å²) < 4.78 is 97.4. The third-order valence-corrected chi connectivity index (χ3v) is 6.42. The predicted molar refractivity (Wildman–Crippen MR) is 154 cm³/mol. The van der Waals surface area contributed by atoms with Gasteiger partial charge in [-0.25, -0.2) is 19.4 Å². The summed E-state index contributed by atoms with van der Waals surface area (Å²) in [4.78, 5) is 45.0. The van der Waals surface area contributed by atoms with E-state index in [9.17, 15) is 39.5 Å². The zero-order valence-electron chi connectivity index (χ0n) is 25.5. The summed E-state index contributed by atoms with van der Waals surface area (Å²) in [6.07, 6.45) is -5.61. The summed E-state index contributed by atoms with van der Waals surface area (Å²) >= 11 is 0. The maximum absolute atomic E-state index is 10.6. The molecule has 0 aliphatic carbocycles. The van der Waals surface area contributed by atoms with Gasteiger partial charge in [0.25, 0.3) is 0 Å². The number of piperazine rings is 1. The van der Waals surface area contributed by atoms with Gasteiger partial charge in [-0.1, -0.05) is 12.1 Å². The number of aliphatic carboxylic acids is 3. The molecule has 0 saturated carbocycles. The number of fused-ring (bicyclic) bond motifs is 1. The lowest BCUT2D eigenvalue weighted by molar-refractivity contribution is -0.193. The van der Waals surface area contributed by atoms with Crippen LogP contribution >= 0.6 is 0 Å². The van der Waals surface area contributed by atoms with Gasteiger partial charge in [-0.3, -0.25) is 24.2 Å². The van der Waals surface area contributed by atoms with Gasteiger partial charge >= 0.3 is 36.4 Å². The van der Waals surface area contributed by atoms with Gasteiger partial charge in [-0.2, -0.15) is 39.5 Å². The number of carbonyl (C=O) groups is 3. The summed E-state index contributed by atoms with van der Waals surface area (Å²) in [6, 6.07) is 14.8. The summed E-state index contributed by atoms with van der Waals surface area (Å²) in [5.74, 6) is -8.27. The maximum atomic E-state index is 10.6. The third kappa shape index (κ3) is 13.0. The molecule has 1 fully saturated rings. The number of hydrogen-bond acceptors (Lipinski definition) is 8. The second kappa shape index (κ2) is 17.4. The molecule has 50 heavy (non-hydrogen) atoms. The maximum Gasteiger partial charge on any atom is 0.490 e. The van der Waals surface area contributed by atoms with Crippen molar-refractivity contribution >= 4 is 23.6 Å². The van der Waals surface area contributed by atoms with Crippen molar-refractivity contribution < 1.29 is 69.2 Å². The minimum absolute atomic E-state index is 0.269. The van der Waals surface area contributed by atoms with E-state index >= 15 is 0 Å². The van der Waals surface area contributed by atoms with Crippen LogP contribution < -0.4 is 0 Å². The lowest BCUT2D eigenvalue weighted by atomic mass is 10.1. The number of nitrogens with zero attached hydrogens (tertiary/aromatic N) is 6. The second-order valence-corrected chi connectivity index (χ2v) is 10.0. The number of carboxylic acids is 3. The van der Waals surface area contributed by atoms with Crippen molar-refractivity contribution in [2.45, 2.75) is 31.1 Å². The Bertz CT molecular complexity index is 1640. The SMILES string of the molecule is CN1CCN(Cc2cccnc2)CC1c1cn2c(-c3ccncc3)cccc2n1.O=C(O)C(F)(F)F.O=C(O)C(F)(F)F.O=C(O)C(F)(F)F. The molecule has 0 aromatic carbocycles. The average Bonchev–Trinajstić information content (AvgIpc) is 3.47. The zero-order chi connectivity index (χ0) is 37.9. The first-order valence-electron chi connectivity index (χ1n) is 13.7. The molecule has 5 heterocycles. The Morgan fingerprint density at radius 1 is 0.760 bits per heavy atom. The average molecular weight is 727 g/mol. The van der Waals surface area contributed by atoms with Gasteiger partial charge in [0, 0.05) is 62.7 Å². The molecule has 1 saturated heterocycles. The van der Waals surface area contributed by atoms with Crippen LogP contribution in [0.25, 0.3) is 16.9 Å². The Morgan fingerprint density at radius 3 is 1.78 bits per heavy atom. The van der Waals surface area contributed by atoms with Crippen LogP contribution in [0, 0.1) is 0 Å². The van der Waals surface area contributed by atoms with E-state index in [1.165, 1.54) is 5.56 Å². The Kier molecular flexibility index (Phi) is 14.2. The topological polar surface area (TPSA) is 161 Å². The molecule has 5 rings (SSSR count). The molecule has 4 aromatic rings. The molecule has 0 spiro atoms. The molecule has 0 radical (unpaired) electrons. The van der Waals surface area contributed by atoms with Crippen LogP contribution in [0.1, 0.15) is 17.3 Å². The van der Waals surface area contributed by atoms with E-state index in [-0.39, 0.29) is 6.04 Å². The fraction of sp³-hybridized carbons (Fsp3) is 0.310. The first-order chi connectivity index (χ1) is 23.1. The Hall–Kier alpha value is -5.31. The Labute approximate surface area is 276 Å². The van der Waals surface area contributed by atoms with Crippen molar-refractivity contribution in [2.75, 3.05) is 26.7 Å². The van der Waals surface area contributed by atoms with Crippen LogP contribution in [0.15, 0.2) is 73.4 Å². The van der Waals surface area contributed by atoms with Crippen LogP contribution in [0.3, 0.4) is 0 Å². The highest BCUT2D eigenvalue weighted by atomic mass is 19.4. The number of likely N-dealkylation sites (N-methyl/N-ethyl adjacent to an activating group) is 1. The standard InChI is InChI=1S/C23H24N6.3C2HF3O2/c1-27-12-13-28(15-18-4-3-9-25-14-18)17-22(27)20-16-29-21(5-2-6-23(29)26-20)19-7-10-24-11-8-19;3*3-2(4,5)1(6)7/h2-11,14,16,22H,12-13,15,17H2,1H3;3*(H,6,7). The molecule has 0 bridgehead atoms. The highest BCUT2D eigenvalue weighted by molar-refractivity contribution is 5.73. The number of pyridine rings is 3. The normalized spacial score (nSPS) is 15.4. The first kappa shape index (κ1) is 40.9. The van der Waals surface area contributed by atoms with Crippen molar-refractivity contribution in [2.24, 2.45) is 0 Å². The summed E-state index contributed by atoms with van der Waals surface area (Å²) in [5, 5.41) is 21.4. The molecule has 1 aliphatic rings. The first-order valence-corrected chi connectivity index (χ1v) is 13.7. The van der Waals surface area contributed by atoms with Crippen LogP contribution in [0.5, 0.6) is 0 Å².